The predicted molar refractivity (Wildman–Crippen MR) is 112 cm³/mol. The normalized spacial score (nSPS) is 12.7. The van der Waals surface area contributed by atoms with Crippen LogP contribution in [0.1, 0.15) is 38.3 Å². The zero-order valence-corrected chi connectivity index (χ0v) is 17.4. The van der Waals surface area contributed by atoms with Crippen molar-refractivity contribution in [2.24, 2.45) is 0 Å². The summed E-state index contributed by atoms with van der Waals surface area (Å²) in [6, 6.07) is 16.5. The van der Waals surface area contributed by atoms with Gasteiger partial charge in [0.1, 0.15) is 5.75 Å². The molecule has 28 heavy (non-hydrogen) atoms. The van der Waals surface area contributed by atoms with Crippen molar-refractivity contribution in [2.75, 3.05) is 5.75 Å². The molecule has 0 saturated heterocycles. The molecule has 0 saturated carbocycles. The van der Waals surface area contributed by atoms with E-state index in [1.54, 1.807) is 35.3 Å². The van der Waals surface area contributed by atoms with Gasteiger partial charge in [-0.3, -0.25) is 4.79 Å². The van der Waals surface area contributed by atoms with Crippen molar-refractivity contribution in [3.8, 4) is 5.75 Å². The summed E-state index contributed by atoms with van der Waals surface area (Å²) in [5.41, 5.74) is 1.77. The highest BCUT2D eigenvalue weighted by atomic mass is 32.2. The first-order valence-corrected chi connectivity index (χ1v) is 11.0. The van der Waals surface area contributed by atoms with Crippen molar-refractivity contribution in [2.45, 2.75) is 39.8 Å². The van der Waals surface area contributed by atoms with Gasteiger partial charge in [0.15, 0.2) is 0 Å². The van der Waals surface area contributed by atoms with Crippen LogP contribution in [0.3, 0.4) is 0 Å². The van der Waals surface area contributed by atoms with Crippen molar-refractivity contribution >= 4 is 22.1 Å². The molecule has 0 aliphatic carbocycles. The molecule has 2 rings (SSSR count). The molecule has 0 aliphatic rings. The van der Waals surface area contributed by atoms with Crippen LogP contribution in [0.5, 0.6) is 5.75 Å². The van der Waals surface area contributed by atoms with Gasteiger partial charge in [0, 0.05) is 18.7 Å². The highest BCUT2D eigenvalue weighted by Gasteiger charge is 2.18. The molecule has 0 spiro atoms. The Hall–Kier alpha value is -2.60. The summed E-state index contributed by atoms with van der Waals surface area (Å²) in [5, 5.41) is 0. The van der Waals surface area contributed by atoms with Gasteiger partial charge in [-0.15, -0.1) is 0 Å². The minimum atomic E-state index is -3.59. The lowest BCUT2D eigenvalue weighted by Crippen LogP contribution is -2.36. The third kappa shape index (κ3) is 6.53. The van der Waals surface area contributed by atoms with Crippen LogP contribution in [0.2, 0.25) is 0 Å². The van der Waals surface area contributed by atoms with Gasteiger partial charge in [0.2, 0.25) is 5.91 Å². The molecule has 0 fully saturated rings. The van der Waals surface area contributed by atoms with Crippen LogP contribution < -0.4 is 4.18 Å². The van der Waals surface area contributed by atoms with Gasteiger partial charge >= 0.3 is 10.1 Å². The zero-order valence-electron chi connectivity index (χ0n) is 16.5. The maximum atomic E-state index is 12.8. The number of benzene rings is 2. The Bertz CT molecular complexity index is 907. The molecule has 0 heterocycles. The highest BCUT2D eigenvalue weighted by molar-refractivity contribution is 7.87. The largest absolute Gasteiger partial charge is 0.382 e. The van der Waals surface area contributed by atoms with Crippen LogP contribution in [0.15, 0.2) is 60.7 Å². The number of hydrogen-bond donors (Lipinski definition) is 0. The van der Waals surface area contributed by atoms with Gasteiger partial charge in [-0.05, 0) is 49.6 Å². The number of carbonyl (C=O) groups is 1. The average Bonchev–Trinajstić information content (AvgIpc) is 2.70. The van der Waals surface area contributed by atoms with E-state index >= 15 is 0 Å². The summed E-state index contributed by atoms with van der Waals surface area (Å²) in [5.74, 6) is 0.0698. The molecule has 2 aromatic carbocycles. The fraction of sp³-hybridized carbons (Fsp3) is 0.318. The third-order valence-electron chi connectivity index (χ3n) is 4.45. The zero-order chi connectivity index (χ0) is 20.6. The van der Waals surface area contributed by atoms with Gasteiger partial charge in [-0.1, -0.05) is 49.4 Å². The molecule has 150 valence electrons. The monoisotopic (exact) mass is 401 g/mol. The second-order valence-electron chi connectivity index (χ2n) is 6.54. The predicted octanol–water partition coefficient (Wildman–Crippen LogP) is 4.26. The van der Waals surface area contributed by atoms with Crippen LogP contribution in [0, 0.1) is 0 Å². The Morgan fingerprint density at radius 2 is 1.82 bits per heavy atom. The number of hydrogen-bond acceptors (Lipinski definition) is 4. The SMILES string of the molecule is CC[C@@H](C)N(Cc1cccc(OS(=O)(=O)CC)c1)C(=O)/C=C/c1ccccc1. The van der Waals surface area contributed by atoms with Crippen molar-refractivity contribution in [3.63, 3.8) is 0 Å². The smallest absolute Gasteiger partial charge is 0.308 e. The summed E-state index contributed by atoms with van der Waals surface area (Å²) in [4.78, 5) is 14.6. The van der Waals surface area contributed by atoms with Gasteiger partial charge in [0.25, 0.3) is 0 Å². The topological polar surface area (TPSA) is 63.7 Å². The Morgan fingerprint density at radius 3 is 2.46 bits per heavy atom. The molecule has 1 atom stereocenters. The van der Waals surface area contributed by atoms with Crippen LogP contribution in [-0.2, 0) is 21.5 Å². The van der Waals surface area contributed by atoms with E-state index in [1.807, 2.05) is 50.2 Å². The molecule has 0 aromatic heterocycles. The summed E-state index contributed by atoms with van der Waals surface area (Å²) in [6.45, 7) is 5.92. The van der Waals surface area contributed by atoms with Crippen LogP contribution in [0.4, 0.5) is 0 Å². The van der Waals surface area contributed by atoms with Crippen molar-refractivity contribution < 1.29 is 17.4 Å². The van der Waals surface area contributed by atoms with Crippen LogP contribution in [-0.4, -0.2) is 31.0 Å². The third-order valence-corrected chi connectivity index (χ3v) is 5.61. The second-order valence-corrected chi connectivity index (χ2v) is 8.40. The Labute approximate surface area is 167 Å². The summed E-state index contributed by atoms with van der Waals surface area (Å²) in [7, 11) is -3.59. The van der Waals surface area contributed by atoms with E-state index in [1.165, 1.54) is 6.92 Å². The van der Waals surface area contributed by atoms with Crippen LogP contribution >= 0.6 is 0 Å². The van der Waals surface area contributed by atoms with Gasteiger partial charge in [-0.2, -0.15) is 8.42 Å². The van der Waals surface area contributed by atoms with Gasteiger partial charge in [0.05, 0.1) is 5.75 Å². The standard InChI is InChI=1S/C22H27NO4S/c1-4-18(3)23(22(24)15-14-19-10-7-6-8-11-19)17-20-12-9-13-21(16-20)27-28(25,26)5-2/h6-16,18H,4-5,17H2,1-3H3/b15-14+/t18-/m1/s1. The average molecular weight is 402 g/mol. The highest BCUT2D eigenvalue weighted by Crippen LogP contribution is 2.19. The lowest BCUT2D eigenvalue weighted by atomic mass is 10.1. The molecule has 6 heteroatoms. The first kappa shape index (κ1) is 21.7. The van der Waals surface area contributed by atoms with E-state index in [0.717, 1.165) is 17.5 Å². The summed E-state index contributed by atoms with van der Waals surface area (Å²) >= 11 is 0. The lowest BCUT2D eigenvalue weighted by Gasteiger charge is -2.28. The minimum Gasteiger partial charge on any atom is -0.382 e. The molecule has 0 N–H and O–H groups in total. The second kappa shape index (κ2) is 10.1. The maximum absolute atomic E-state index is 12.8. The molecule has 2 aromatic rings. The molecule has 5 nitrogen and oxygen atoms in total. The molecule has 0 radical (unpaired) electrons. The molecule has 0 bridgehead atoms. The molecular formula is C22H27NO4S. The van der Waals surface area contributed by atoms with Crippen molar-refractivity contribution in [1.29, 1.82) is 0 Å². The Kier molecular flexibility index (Phi) is 7.81. The quantitative estimate of drug-likeness (QED) is 0.465. The summed E-state index contributed by atoms with van der Waals surface area (Å²) < 4.78 is 28.5. The van der Waals surface area contributed by atoms with E-state index in [0.29, 0.717) is 6.54 Å². The number of rotatable bonds is 9. The molecule has 0 unspecified atom stereocenters. The number of carbonyl (C=O) groups excluding carboxylic acids is 1. The first-order chi connectivity index (χ1) is 13.3. The number of nitrogens with zero attached hydrogens (tertiary/aromatic N) is 1. The van der Waals surface area contributed by atoms with E-state index in [-0.39, 0.29) is 23.5 Å². The van der Waals surface area contributed by atoms with Gasteiger partial charge in [-0.25, -0.2) is 0 Å². The number of amides is 1. The molecular weight excluding hydrogens is 374 g/mol. The van der Waals surface area contributed by atoms with Crippen LogP contribution in [0.25, 0.3) is 6.08 Å². The van der Waals surface area contributed by atoms with E-state index in [4.69, 9.17) is 4.18 Å². The lowest BCUT2D eigenvalue weighted by molar-refractivity contribution is -0.128. The van der Waals surface area contributed by atoms with E-state index < -0.39 is 10.1 Å². The Balaban J connectivity index is 2.18. The molecule has 1 amide bonds. The van der Waals surface area contributed by atoms with E-state index in [2.05, 4.69) is 0 Å². The summed E-state index contributed by atoms with van der Waals surface area (Å²) in [6.07, 6.45) is 4.18. The molecule has 0 aliphatic heterocycles. The first-order valence-electron chi connectivity index (χ1n) is 9.39. The maximum Gasteiger partial charge on any atom is 0.308 e. The van der Waals surface area contributed by atoms with E-state index in [9.17, 15) is 13.2 Å². The minimum absolute atomic E-state index is 0.0388. The van der Waals surface area contributed by atoms with Gasteiger partial charge < -0.3 is 9.08 Å². The fourth-order valence-corrected chi connectivity index (χ4v) is 3.11. The fourth-order valence-electron chi connectivity index (χ4n) is 2.60. The van der Waals surface area contributed by atoms with Crippen molar-refractivity contribution in [1.82, 2.24) is 4.90 Å². The van der Waals surface area contributed by atoms with Crippen molar-refractivity contribution in [3.05, 3.63) is 71.8 Å². The Morgan fingerprint density at radius 1 is 1.11 bits per heavy atom.